The minimum atomic E-state index is -0.388. The van der Waals surface area contributed by atoms with Crippen LogP contribution in [0, 0.1) is 0 Å². The number of thiophene rings is 1. The highest BCUT2D eigenvalue weighted by molar-refractivity contribution is 7.99. The predicted octanol–water partition coefficient (Wildman–Crippen LogP) is 13.3. The maximum absolute atomic E-state index is 5.35. The summed E-state index contributed by atoms with van der Waals surface area (Å²) in [5.41, 5.74) is 14.4. The van der Waals surface area contributed by atoms with Crippen LogP contribution in [0.15, 0.2) is 186 Å². The third-order valence-electron chi connectivity index (χ3n) is 10.8. The Hall–Kier alpha value is -5.74. The Morgan fingerprint density at radius 3 is 1.78 bits per heavy atom. The molecule has 0 saturated heterocycles. The van der Waals surface area contributed by atoms with E-state index < -0.39 is 0 Å². The van der Waals surface area contributed by atoms with Gasteiger partial charge >= 0.3 is 0 Å². The average molecular weight is 684 g/mol. The van der Waals surface area contributed by atoms with Gasteiger partial charge in [0.25, 0.3) is 0 Å². The van der Waals surface area contributed by atoms with E-state index in [0.29, 0.717) is 0 Å². The van der Waals surface area contributed by atoms with Crippen molar-refractivity contribution < 1.29 is 0 Å². The summed E-state index contributed by atoms with van der Waals surface area (Å²) < 4.78 is 2.58. The van der Waals surface area contributed by atoms with Crippen LogP contribution >= 0.6 is 23.1 Å². The van der Waals surface area contributed by atoms with Crippen LogP contribution in [0.1, 0.15) is 22.3 Å². The summed E-state index contributed by atoms with van der Waals surface area (Å²) in [6, 6.07) is 64.5. The van der Waals surface area contributed by atoms with Gasteiger partial charge < -0.3 is 0 Å². The van der Waals surface area contributed by atoms with E-state index in [0.717, 1.165) is 17.0 Å². The Bertz CT molecular complexity index is 2730. The topological polar surface area (TPSA) is 12.9 Å². The van der Waals surface area contributed by atoms with E-state index in [1.54, 1.807) is 0 Å². The second kappa shape index (κ2) is 11.1. The molecule has 0 amide bonds. The molecule has 0 bridgehead atoms. The fraction of sp³-hybridized carbons (Fsp3) is 0.0208. The Kier molecular flexibility index (Phi) is 6.34. The highest BCUT2D eigenvalue weighted by atomic mass is 32.2. The van der Waals surface area contributed by atoms with Crippen LogP contribution in [-0.2, 0) is 5.41 Å². The molecule has 7 aromatic carbocycles. The molecule has 51 heavy (non-hydrogen) atoms. The molecule has 2 aliphatic rings. The van der Waals surface area contributed by atoms with Crippen LogP contribution in [0.4, 0.5) is 0 Å². The van der Waals surface area contributed by atoms with Crippen LogP contribution < -0.4 is 0 Å². The molecule has 238 valence electrons. The molecule has 0 atom stereocenters. The van der Waals surface area contributed by atoms with Crippen molar-refractivity contribution in [3.8, 4) is 44.8 Å². The van der Waals surface area contributed by atoms with Gasteiger partial charge in [-0.15, -0.1) is 11.3 Å². The fourth-order valence-electron chi connectivity index (χ4n) is 8.62. The first-order chi connectivity index (χ1) is 25.3. The standard InChI is InChI=1S/C48H29NS2/c1-3-14-30(15-4-1)32-28-41(31-16-5-2-6-17-31)49-42(29-32)35-20-13-21-36-45-44(51-46(35)36)27-26-40-47(45)50-43-25-12-11-24-39(43)48(40)37-22-9-7-18-33(37)34-19-8-10-23-38(34)48/h1-29H. The highest BCUT2D eigenvalue weighted by Gasteiger charge is 2.50. The molecule has 0 saturated carbocycles. The molecule has 1 aliphatic carbocycles. The van der Waals surface area contributed by atoms with E-state index in [1.807, 2.05) is 23.1 Å². The summed E-state index contributed by atoms with van der Waals surface area (Å²) in [6.07, 6.45) is 0. The van der Waals surface area contributed by atoms with E-state index in [9.17, 15) is 0 Å². The molecule has 1 nitrogen and oxygen atoms in total. The molecular formula is C48H29NS2. The molecule has 2 aromatic heterocycles. The molecule has 0 fully saturated rings. The predicted molar refractivity (Wildman–Crippen MR) is 215 cm³/mol. The average Bonchev–Trinajstić information content (AvgIpc) is 3.73. The first-order valence-electron chi connectivity index (χ1n) is 17.4. The zero-order valence-corrected chi connectivity index (χ0v) is 29.1. The van der Waals surface area contributed by atoms with Gasteiger partial charge in [0.1, 0.15) is 0 Å². The summed E-state index contributed by atoms with van der Waals surface area (Å²) in [5, 5.41) is 2.64. The summed E-state index contributed by atoms with van der Waals surface area (Å²) in [4.78, 5) is 8.03. The highest BCUT2D eigenvalue weighted by Crippen LogP contribution is 2.63. The monoisotopic (exact) mass is 683 g/mol. The number of aromatic nitrogens is 1. The summed E-state index contributed by atoms with van der Waals surface area (Å²) in [5.74, 6) is 0. The minimum Gasteiger partial charge on any atom is -0.248 e. The Morgan fingerprint density at radius 1 is 0.431 bits per heavy atom. The van der Waals surface area contributed by atoms with Crippen molar-refractivity contribution in [2.75, 3.05) is 0 Å². The lowest BCUT2D eigenvalue weighted by Gasteiger charge is -2.40. The number of benzene rings is 7. The lowest BCUT2D eigenvalue weighted by atomic mass is 9.67. The number of hydrogen-bond acceptors (Lipinski definition) is 3. The number of rotatable bonds is 3. The quantitative estimate of drug-likeness (QED) is 0.184. The molecule has 0 radical (unpaired) electrons. The maximum Gasteiger partial charge on any atom is 0.0735 e. The van der Waals surface area contributed by atoms with Crippen LogP contribution in [0.5, 0.6) is 0 Å². The van der Waals surface area contributed by atoms with Gasteiger partial charge in [-0.1, -0.05) is 163 Å². The second-order valence-electron chi connectivity index (χ2n) is 13.4. The molecule has 1 spiro atoms. The zero-order valence-electron chi connectivity index (χ0n) is 27.5. The first-order valence-corrected chi connectivity index (χ1v) is 19.0. The first kappa shape index (κ1) is 29.0. The number of nitrogens with zero attached hydrogens (tertiary/aromatic N) is 1. The van der Waals surface area contributed by atoms with Gasteiger partial charge in [0.15, 0.2) is 0 Å². The van der Waals surface area contributed by atoms with Gasteiger partial charge in [-0.25, -0.2) is 4.98 Å². The fourth-order valence-corrected chi connectivity index (χ4v) is 11.3. The van der Waals surface area contributed by atoms with E-state index in [1.165, 1.54) is 80.0 Å². The Labute approximate surface area is 304 Å². The third-order valence-corrected chi connectivity index (χ3v) is 13.2. The van der Waals surface area contributed by atoms with Crippen molar-refractivity contribution in [3.05, 3.63) is 198 Å². The van der Waals surface area contributed by atoms with Gasteiger partial charge in [-0.2, -0.15) is 0 Å². The lowest BCUT2D eigenvalue weighted by Crippen LogP contribution is -2.31. The largest absolute Gasteiger partial charge is 0.248 e. The molecule has 9 aromatic rings. The van der Waals surface area contributed by atoms with Crippen molar-refractivity contribution in [1.29, 1.82) is 0 Å². The van der Waals surface area contributed by atoms with E-state index >= 15 is 0 Å². The van der Waals surface area contributed by atoms with Gasteiger partial charge in [0.2, 0.25) is 0 Å². The van der Waals surface area contributed by atoms with Gasteiger partial charge in [-0.05, 0) is 68.8 Å². The molecule has 3 heterocycles. The summed E-state index contributed by atoms with van der Waals surface area (Å²) in [6.45, 7) is 0. The number of pyridine rings is 1. The molecule has 0 N–H and O–H groups in total. The molecular weight excluding hydrogens is 655 g/mol. The number of hydrogen-bond donors (Lipinski definition) is 0. The molecule has 11 rings (SSSR count). The van der Waals surface area contributed by atoms with Crippen molar-refractivity contribution >= 4 is 43.3 Å². The number of fused-ring (bicyclic) bond motifs is 13. The smallest absolute Gasteiger partial charge is 0.0735 e. The van der Waals surface area contributed by atoms with Crippen LogP contribution in [0.2, 0.25) is 0 Å². The Morgan fingerprint density at radius 2 is 1.04 bits per heavy atom. The van der Waals surface area contributed by atoms with Gasteiger partial charge in [0.05, 0.1) is 16.8 Å². The molecule has 3 heteroatoms. The summed E-state index contributed by atoms with van der Waals surface area (Å²) >= 11 is 3.82. The zero-order chi connectivity index (χ0) is 33.5. The van der Waals surface area contributed by atoms with Crippen molar-refractivity contribution in [2.24, 2.45) is 0 Å². The van der Waals surface area contributed by atoms with Gasteiger partial charge in [0, 0.05) is 41.1 Å². The van der Waals surface area contributed by atoms with E-state index in [2.05, 4.69) is 176 Å². The van der Waals surface area contributed by atoms with Crippen LogP contribution in [0.3, 0.4) is 0 Å². The van der Waals surface area contributed by atoms with Gasteiger partial charge in [-0.3, -0.25) is 0 Å². The molecule has 1 aliphatic heterocycles. The maximum atomic E-state index is 5.35. The minimum absolute atomic E-state index is 0.388. The second-order valence-corrected chi connectivity index (χ2v) is 15.5. The lowest BCUT2D eigenvalue weighted by molar-refractivity contribution is 0.726. The van der Waals surface area contributed by atoms with Crippen LogP contribution in [-0.4, -0.2) is 4.98 Å². The third kappa shape index (κ3) is 4.14. The SMILES string of the molecule is c1ccc(-c2cc(-c3ccccc3)nc(-c3cccc4c3sc3ccc5c(c34)Sc3ccccc3C53c4ccccc4-c4ccccc43)c2)cc1. The summed E-state index contributed by atoms with van der Waals surface area (Å²) in [7, 11) is 0. The van der Waals surface area contributed by atoms with Crippen molar-refractivity contribution in [1.82, 2.24) is 4.98 Å². The van der Waals surface area contributed by atoms with E-state index in [-0.39, 0.29) is 5.41 Å². The van der Waals surface area contributed by atoms with E-state index in [4.69, 9.17) is 4.98 Å². The van der Waals surface area contributed by atoms with Crippen molar-refractivity contribution in [2.45, 2.75) is 15.2 Å². The Balaban J connectivity index is 1.19. The van der Waals surface area contributed by atoms with Crippen molar-refractivity contribution in [3.63, 3.8) is 0 Å². The molecule has 0 unspecified atom stereocenters. The van der Waals surface area contributed by atoms with Crippen LogP contribution in [0.25, 0.3) is 64.9 Å². The normalized spacial score (nSPS) is 13.6.